The fourth-order valence-corrected chi connectivity index (χ4v) is 3.32. The molecule has 160 valence electrons. The SMILES string of the molecule is COC(=O)[C@@H](NC(=O)c1ccc(C#CC#CC2CCC(CO)CC2)cc1)C(C)(C)N. The van der Waals surface area contributed by atoms with Gasteiger partial charge in [0.1, 0.15) is 6.04 Å². The van der Waals surface area contributed by atoms with Crippen LogP contribution in [0.15, 0.2) is 24.3 Å². The largest absolute Gasteiger partial charge is 0.467 e. The number of ether oxygens (including phenoxy) is 1. The molecule has 1 aromatic carbocycles. The summed E-state index contributed by atoms with van der Waals surface area (Å²) in [4.78, 5) is 24.4. The Morgan fingerprint density at radius 2 is 1.83 bits per heavy atom. The Kier molecular flexibility index (Phi) is 8.47. The van der Waals surface area contributed by atoms with Crippen LogP contribution in [0.1, 0.15) is 55.5 Å². The maximum atomic E-state index is 12.5. The standard InChI is InChI=1S/C24H30N2O4/c1-24(2,25)21(23(29)30-3)26-22(28)20-14-12-18(13-15-20)7-5-4-6-17-8-10-19(16-27)11-9-17/h12-15,17,19,21,27H,8-11,16,25H2,1-3H3,(H,26,28)/t17?,19?,21-/m1/s1. The lowest BCUT2D eigenvalue weighted by Crippen LogP contribution is -2.59. The molecule has 1 aliphatic rings. The second-order valence-corrected chi connectivity index (χ2v) is 8.25. The first-order chi connectivity index (χ1) is 14.2. The number of carbonyl (C=O) groups is 2. The van der Waals surface area contributed by atoms with Gasteiger partial charge in [-0.2, -0.15) is 0 Å². The maximum absolute atomic E-state index is 12.5. The number of rotatable bonds is 5. The summed E-state index contributed by atoms with van der Waals surface area (Å²) in [5, 5.41) is 11.8. The number of nitrogens with one attached hydrogen (secondary N) is 1. The molecule has 0 radical (unpaired) electrons. The van der Waals surface area contributed by atoms with Gasteiger partial charge in [0.05, 0.1) is 7.11 Å². The molecule has 0 aliphatic heterocycles. The van der Waals surface area contributed by atoms with Gasteiger partial charge in [0.15, 0.2) is 0 Å². The average Bonchev–Trinajstić information content (AvgIpc) is 2.74. The number of methoxy groups -OCH3 is 1. The molecule has 1 aromatic rings. The molecular formula is C24H30N2O4. The van der Waals surface area contributed by atoms with Crippen LogP contribution < -0.4 is 11.1 Å². The molecule has 1 saturated carbocycles. The summed E-state index contributed by atoms with van der Waals surface area (Å²) < 4.78 is 4.73. The molecule has 0 saturated heterocycles. The molecule has 4 N–H and O–H groups in total. The predicted octanol–water partition coefficient (Wildman–Crippen LogP) is 1.85. The summed E-state index contributed by atoms with van der Waals surface area (Å²) >= 11 is 0. The van der Waals surface area contributed by atoms with Crippen LogP contribution in [-0.2, 0) is 9.53 Å². The molecule has 1 fully saturated rings. The zero-order chi connectivity index (χ0) is 22.1. The lowest BCUT2D eigenvalue weighted by molar-refractivity contribution is -0.144. The first-order valence-corrected chi connectivity index (χ1v) is 10.1. The average molecular weight is 411 g/mol. The molecule has 30 heavy (non-hydrogen) atoms. The topological polar surface area (TPSA) is 102 Å². The number of nitrogens with two attached hydrogens (primary N) is 1. The van der Waals surface area contributed by atoms with Crippen LogP contribution in [0.3, 0.4) is 0 Å². The van der Waals surface area contributed by atoms with E-state index in [1.165, 1.54) is 7.11 Å². The minimum Gasteiger partial charge on any atom is -0.467 e. The highest BCUT2D eigenvalue weighted by atomic mass is 16.5. The van der Waals surface area contributed by atoms with Crippen LogP contribution in [0.25, 0.3) is 0 Å². The Hall–Kier alpha value is -2.80. The summed E-state index contributed by atoms with van der Waals surface area (Å²) in [6.45, 7) is 3.56. The van der Waals surface area contributed by atoms with Crippen molar-refractivity contribution in [1.29, 1.82) is 0 Å². The van der Waals surface area contributed by atoms with Gasteiger partial charge in [0.25, 0.3) is 5.91 Å². The van der Waals surface area contributed by atoms with E-state index in [-0.39, 0.29) is 6.61 Å². The monoisotopic (exact) mass is 410 g/mol. The zero-order valence-corrected chi connectivity index (χ0v) is 17.8. The minimum atomic E-state index is -0.968. The van der Waals surface area contributed by atoms with Gasteiger partial charge >= 0.3 is 5.97 Å². The second kappa shape index (κ2) is 10.8. The normalized spacial score (nSPS) is 19.4. The third kappa shape index (κ3) is 6.91. The van der Waals surface area contributed by atoms with Crippen LogP contribution >= 0.6 is 0 Å². The molecule has 0 aromatic heterocycles. The van der Waals surface area contributed by atoms with Crippen LogP contribution in [0, 0.1) is 35.5 Å². The van der Waals surface area contributed by atoms with Gasteiger partial charge in [0, 0.05) is 29.2 Å². The van der Waals surface area contributed by atoms with Gasteiger partial charge in [0.2, 0.25) is 0 Å². The van der Waals surface area contributed by atoms with E-state index in [2.05, 4.69) is 29.0 Å². The summed E-state index contributed by atoms with van der Waals surface area (Å²) in [6, 6.07) is 5.78. The fourth-order valence-electron chi connectivity index (χ4n) is 3.32. The van der Waals surface area contributed by atoms with E-state index < -0.39 is 23.5 Å². The van der Waals surface area contributed by atoms with Crippen LogP contribution in [0.5, 0.6) is 0 Å². The molecule has 0 heterocycles. The number of aliphatic hydroxyl groups is 1. The first kappa shape index (κ1) is 23.5. The Morgan fingerprint density at radius 1 is 1.20 bits per heavy atom. The highest BCUT2D eigenvalue weighted by Gasteiger charge is 2.34. The first-order valence-electron chi connectivity index (χ1n) is 10.1. The van der Waals surface area contributed by atoms with Crippen molar-refractivity contribution in [2.45, 2.75) is 51.1 Å². The van der Waals surface area contributed by atoms with E-state index in [0.717, 1.165) is 31.2 Å². The number of esters is 1. The molecule has 1 aliphatic carbocycles. The van der Waals surface area contributed by atoms with Gasteiger partial charge in [-0.1, -0.05) is 11.8 Å². The summed E-state index contributed by atoms with van der Waals surface area (Å²) in [7, 11) is 1.25. The number of hydrogen-bond donors (Lipinski definition) is 3. The Balaban J connectivity index is 1.96. The quantitative estimate of drug-likeness (QED) is 0.508. The van der Waals surface area contributed by atoms with Crippen molar-refractivity contribution in [2.75, 3.05) is 13.7 Å². The molecule has 0 unspecified atom stereocenters. The van der Waals surface area contributed by atoms with Gasteiger partial charge in [-0.25, -0.2) is 4.79 Å². The molecule has 0 bridgehead atoms. The maximum Gasteiger partial charge on any atom is 0.330 e. The molecule has 1 amide bonds. The van der Waals surface area contributed by atoms with Crippen molar-refractivity contribution in [2.24, 2.45) is 17.6 Å². The molecule has 6 nitrogen and oxygen atoms in total. The van der Waals surface area contributed by atoms with Crippen LogP contribution in [0.2, 0.25) is 0 Å². The highest BCUT2D eigenvalue weighted by Crippen LogP contribution is 2.27. The Bertz CT molecular complexity index is 855. The third-order valence-corrected chi connectivity index (χ3v) is 5.25. The van der Waals surface area contributed by atoms with E-state index in [1.807, 2.05) is 0 Å². The van der Waals surface area contributed by atoms with Crippen molar-refractivity contribution < 1.29 is 19.4 Å². The number of benzene rings is 1. The highest BCUT2D eigenvalue weighted by molar-refractivity contribution is 5.97. The summed E-state index contributed by atoms with van der Waals surface area (Å²) in [5.74, 6) is 11.7. The lowest BCUT2D eigenvalue weighted by Gasteiger charge is -2.28. The van der Waals surface area contributed by atoms with E-state index >= 15 is 0 Å². The van der Waals surface area contributed by atoms with Crippen LogP contribution in [0.4, 0.5) is 0 Å². The van der Waals surface area contributed by atoms with Gasteiger partial charge in [-0.05, 0) is 81.6 Å². The van der Waals surface area contributed by atoms with Gasteiger partial charge < -0.3 is 20.9 Å². The third-order valence-electron chi connectivity index (χ3n) is 5.25. The van der Waals surface area contributed by atoms with Crippen molar-refractivity contribution in [1.82, 2.24) is 5.32 Å². The van der Waals surface area contributed by atoms with Crippen LogP contribution in [-0.4, -0.2) is 42.3 Å². The Morgan fingerprint density at radius 3 is 2.37 bits per heavy atom. The summed E-state index contributed by atoms with van der Waals surface area (Å²) in [5.41, 5.74) is 6.15. The van der Waals surface area contributed by atoms with Crippen molar-refractivity contribution in [3.05, 3.63) is 35.4 Å². The fraction of sp³-hybridized carbons (Fsp3) is 0.500. The van der Waals surface area contributed by atoms with Crippen molar-refractivity contribution in [3.63, 3.8) is 0 Å². The number of carbonyl (C=O) groups excluding carboxylic acids is 2. The van der Waals surface area contributed by atoms with E-state index in [1.54, 1.807) is 38.1 Å². The van der Waals surface area contributed by atoms with Crippen molar-refractivity contribution in [3.8, 4) is 23.7 Å². The van der Waals surface area contributed by atoms with E-state index in [0.29, 0.717) is 17.4 Å². The molecular weight excluding hydrogens is 380 g/mol. The van der Waals surface area contributed by atoms with E-state index in [4.69, 9.17) is 10.5 Å². The predicted molar refractivity (Wildman–Crippen MR) is 115 cm³/mol. The molecule has 2 rings (SSSR count). The molecule has 0 spiro atoms. The van der Waals surface area contributed by atoms with E-state index in [9.17, 15) is 14.7 Å². The second-order valence-electron chi connectivity index (χ2n) is 8.25. The summed E-state index contributed by atoms with van der Waals surface area (Å²) in [6.07, 6.45) is 4.06. The van der Waals surface area contributed by atoms with Crippen molar-refractivity contribution >= 4 is 11.9 Å². The number of amides is 1. The molecule has 1 atom stereocenters. The van der Waals surface area contributed by atoms with Gasteiger partial charge in [-0.15, -0.1) is 0 Å². The number of aliphatic hydroxyl groups excluding tert-OH is 1. The Labute approximate surface area is 178 Å². The lowest BCUT2D eigenvalue weighted by atomic mass is 9.83. The molecule has 6 heteroatoms. The smallest absolute Gasteiger partial charge is 0.330 e. The zero-order valence-electron chi connectivity index (χ0n) is 17.8. The minimum absolute atomic E-state index is 0.265. The van der Waals surface area contributed by atoms with Gasteiger partial charge in [-0.3, -0.25) is 4.79 Å². The number of hydrogen-bond acceptors (Lipinski definition) is 5.